The number of benzene rings is 1. The summed E-state index contributed by atoms with van der Waals surface area (Å²) in [6.07, 6.45) is 2.11. The number of rotatable bonds is 5. The number of fused-ring (bicyclic) bond motifs is 1. The summed E-state index contributed by atoms with van der Waals surface area (Å²) >= 11 is 0. The van der Waals surface area contributed by atoms with Crippen LogP contribution in [-0.2, 0) is 6.42 Å². The van der Waals surface area contributed by atoms with Gasteiger partial charge in [0.05, 0.1) is 11.0 Å². The van der Waals surface area contributed by atoms with Crippen molar-refractivity contribution in [3.63, 3.8) is 0 Å². The minimum atomic E-state index is 0.524. The zero-order chi connectivity index (χ0) is 12.3. The summed E-state index contributed by atoms with van der Waals surface area (Å²) in [4.78, 5) is 7.96. The zero-order valence-electron chi connectivity index (χ0n) is 10.6. The van der Waals surface area contributed by atoms with Crippen LogP contribution >= 0.6 is 0 Å². The smallest absolute Gasteiger partial charge is 0.107 e. The molecule has 0 fully saturated rings. The van der Waals surface area contributed by atoms with Crippen LogP contribution in [0.25, 0.3) is 11.0 Å². The highest BCUT2D eigenvalue weighted by molar-refractivity contribution is 5.74. The van der Waals surface area contributed by atoms with E-state index >= 15 is 0 Å². The van der Waals surface area contributed by atoms with Crippen LogP contribution in [0.3, 0.4) is 0 Å². The Labute approximate surface area is 102 Å². The Hall–Kier alpha value is -1.35. The molecule has 0 radical (unpaired) electrons. The molecule has 3 nitrogen and oxygen atoms in total. The van der Waals surface area contributed by atoms with Gasteiger partial charge in [0.1, 0.15) is 5.82 Å². The first-order chi connectivity index (χ1) is 8.19. The molecule has 0 amide bonds. The molecule has 3 N–H and O–H groups in total. The van der Waals surface area contributed by atoms with Gasteiger partial charge in [-0.1, -0.05) is 26.0 Å². The number of hydrogen-bond donors (Lipinski definition) is 2. The van der Waals surface area contributed by atoms with Gasteiger partial charge in [0.15, 0.2) is 0 Å². The minimum Gasteiger partial charge on any atom is -0.342 e. The molecule has 0 saturated heterocycles. The van der Waals surface area contributed by atoms with Crippen LogP contribution in [0, 0.1) is 11.8 Å². The second kappa shape index (κ2) is 5.32. The fraction of sp³-hybridized carbons (Fsp3) is 0.500. The van der Waals surface area contributed by atoms with Gasteiger partial charge in [-0.25, -0.2) is 4.98 Å². The quantitative estimate of drug-likeness (QED) is 0.831. The predicted molar refractivity (Wildman–Crippen MR) is 71.8 cm³/mol. The van der Waals surface area contributed by atoms with Crippen molar-refractivity contribution in [1.82, 2.24) is 9.97 Å². The number of nitrogens with zero attached hydrogens (tertiary/aromatic N) is 1. The highest BCUT2D eigenvalue weighted by atomic mass is 14.9. The van der Waals surface area contributed by atoms with E-state index in [2.05, 4.69) is 29.9 Å². The van der Waals surface area contributed by atoms with E-state index in [9.17, 15) is 0 Å². The first-order valence-corrected chi connectivity index (χ1v) is 6.32. The maximum atomic E-state index is 5.82. The monoisotopic (exact) mass is 231 g/mol. The van der Waals surface area contributed by atoms with Crippen LogP contribution in [0.4, 0.5) is 0 Å². The van der Waals surface area contributed by atoms with Crippen molar-refractivity contribution in [1.29, 1.82) is 0 Å². The molecule has 0 aliphatic heterocycles. The molecule has 92 valence electrons. The molecular weight excluding hydrogens is 210 g/mol. The highest BCUT2D eigenvalue weighted by Crippen LogP contribution is 2.17. The average molecular weight is 231 g/mol. The Balaban J connectivity index is 2.11. The molecule has 3 heteroatoms. The van der Waals surface area contributed by atoms with Crippen LogP contribution in [0.5, 0.6) is 0 Å². The van der Waals surface area contributed by atoms with Gasteiger partial charge in [-0.3, -0.25) is 0 Å². The van der Waals surface area contributed by atoms with Gasteiger partial charge < -0.3 is 10.7 Å². The molecule has 0 spiro atoms. The molecule has 17 heavy (non-hydrogen) atoms. The van der Waals surface area contributed by atoms with Gasteiger partial charge in [-0.2, -0.15) is 0 Å². The molecule has 2 rings (SSSR count). The SMILES string of the molecule is CC(C)CC(CN)Cc1nc2ccccc2[nH]1. The standard InChI is InChI=1S/C14H21N3/c1-10(2)7-11(9-15)8-14-16-12-5-3-4-6-13(12)17-14/h3-6,10-11H,7-9,15H2,1-2H3,(H,16,17). The first kappa shape index (κ1) is 12.1. The van der Waals surface area contributed by atoms with Crippen LogP contribution in [-0.4, -0.2) is 16.5 Å². The molecule has 0 aliphatic carbocycles. The highest BCUT2D eigenvalue weighted by Gasteiger charge is 2.12. The fourth-order valence-corrected chi connectivity index (χ4v) is 2.31. The predicted octanol–water partition coefficient (Wildman–Crippen LogP) is 2.73. The van der Waals surface area contributed by atoms with Gasteiger partial charge in [-0.15, -0.1) is 0 Å². The lowest BCUT2D eigenvalue weighted by molar-refractivity contribution is 0.410. The van der Waals surface area contributed by atoms with Crippen molar-refractivity contribution >= 4 is 11.0 Å². The number of nitrogens with two attached hydrogens (primary N) is 1. The molecule has 0 aliphatic rings. The molecule has 1 atom stereocenters. The summed E-state index contributed by atoms with van der Waals surface area (Å²) in [6.45, 7) is 5.21. The molecule has 0 bridgehead atoms. The number of para-hydroxylation sites is 2. The molecule has 2 aromatic rings. The maximum absolute atomic E-state index is 5.82. The van der Waals surface area contributed by atoms with Crippen molar-refractivity contribution in [2.45, 2.75) is 26.7 Å². The summed E-state index contributed by atoms with van der Waals surface area (Å²) in [5.41, 5.74) is 7.98. The molecule has 1 aromatic carbocycles. The Morgan fingerprint density at radius 1 is 1.29 bits per heavy atom. The number of imidazole rings is 1. The molecular formula is C14H21N3. The number of H-pyrrole nitrogens is 1. The summed E-state index contributed by atoms with van der Waals surface area (Å²) in [5, 5.41) is 0. The second-order valence-electron chi connectivity index (χ2n) is 5.14. The minimum absolute atomic E-state index is 0.524. The third kappa shape index (κ3) is 3.07. The lowest BCUT2D eigenvalue weighted by Gasteiger charge is -2.15. The van der Waals surface area contributed by atoms with Crippen molar-refractivity contribution < 1.29 is 0 Å². The first-order valence-electron chi connectivity index (χ1n) is 6.32. The van der Waals surface area contributed by atoms with Gasteiger partial charge >= 0.3 is 0 Å². The maximum Gasteiger partial charge on any atom is 0.107 e. The third-order valence-corrected chi connectivity index (χ3v) is 3.06. The fourth-order valence-electron chi connectivity index (χ4n) is 2.31. The van der Waals surface area contributed by atoms with Gasteiger partial charge in [-0.05, 0) is 36.9 Å². The zero-order valence-corrected chi connectivity index (χ0v) is 10.6. The van der Waals surface area contributed by atoms with E-state index in [4.69, 9.17) is 5.73 Å². The summed E-state index contributed by atoms with van der Waals surface area (Å²) in [7, 11) is 0. The van der Waals surface area contributed by atoms with E-state index in [1.807, 2.05) is 18.2 Å². The van der Waals surface area contributed by atoms with Gasteiger partial charge in [0.2, 0.25) is 0 Å². The van der Waals surface area contributed by atoms with E-state index in [0.717, 1.165) is 36.2 Å². The van der Waals surface area contributed by atoms with Crippen LogP contribution < -0.4 is 5.73 Å². The number of nitrogens with one attached hydrogen (secondary N) is 1. The summed E-state index contributed by atoms with van der Waals surface area (Å²) in [6, 6.07) is 8.14. The van der Waals surface area contributed by atoms with Crippen LogP contribution in [0.1, 0.15) is 26.1 Å². The van der Waals surface area contributed by atoms with Crippen molar-refractivity contribution in [2.75, 3.05) is 6.54 Å². The average Bonchev–Trinajstić information content (AvgIpc) is 2.69. The summed E-state index contributed by atoms with van der Waals surface area (Å²) < 4.78 is 0. The lowest BCUT2D eigenvalue weighted by Crippen LogP contribution is -2.19. The Morgan fingerprint density at radius 3 is 2.71 bits per heavy atom. The molecule has 0 saturated carbocycles. The number of hydrogen-bond acceptors (Lipinski definition) is 2. The normalized spacial score (nSPS) is 13.4. The molecule has 1 aromatic heterocycles. The van der Waals surface area contributed by atoms with Crippen molar-refractivity contribution in [2.24, 2.45) is 17.6 Å². The van der Waals surface area contributed by atoms with Crippen LogP contribution in [0.15, 0.2) is 24.3 Å². The van der Waals surface area contributed by atoms with E-state index < -0.39 is 0 Å². The molecule has 1 unspecified atom stereocenters. The van der Waals surface area contributed by atoms with Gasteiger partial charge in [0.25, 0.3) is 0 Å². The Morgan fingerprint density at radius 2 is 2.06 bits per heavy atom. The number of aromatic nitrogens is 2. The Kier molecular flexibility index (Phi) is 3.79. The lowest BCUT2D eigenvalue weighted by atomic mass is 9.94. The van der Waals surface area contributed by atoms with Crippen molar-refractivity contribution in [3.05, 3.63) is 30.1 Å². The largest absolute Gasteiger partial charge is 0.342 e. The van der Waals surface area contributed by atoms with E-state index in [1.54, 1.807) is 0 Å². The van der Waals surface area contributed by atoms with Crippen molar-refractivity contribution in [3.8, 4) is 0 Å². The summed E-state index contributed by atoms with van der Waals surface area (Å²) in [5.74, 6) is 2.27. The van der Waals surface area contributed by atoms with E-state index in [1.165, 1.54) is 0 Å². The van der Waals surface area contributed by atoms with Crippen LogP contribution in [0.2, 0.25) is 0 Å². The third-order valence-electron chi connectivity index (χ3n) is 3.06. The van der Waals surface area contributed by atoms with E-state index in [-0.39, 0.29) is 0 Å². The Bertz CT molecular complexity index is 440. The number of aromatic amines is 1. The van der Waals surface area contributed by atoms with E-state index in [0.29, 0.717) is 11.8 Å². The van der Waals surface area contributed by atoms with Gasteiger partial charge in [0, 0.05) is 6.42 Å². The topological polar surface area (TPSA) is 54.7 Å². The second-order valence-corrected chi connectivity index (χ2v) is 5.14. The molecule has 1 heterocycles.